The van der Waals surface area contributed by atoms with Crippen LogP contribution in [-0.4, -0.2) is 32.3 Å². The highest BCUT2D eigenvalue weighted by atomic mass is 32.2. The topological polar surface area (TPSA) is 85.8 Å². The summed E-state index contributed by atoms with van der Waals surface area (Å²) in [5.74, 6) is 6.66. The number of anilines is 1. The summed E-state index contributed by atoms with van der Waals surface area (Å²) in [4.78, 5) is 13.5. The molecular formula is C16H23N5OS2. The van der Waals surface area contributed by atoms with Gasteiger partial charge < -0.3 is 11.2 Å². The van der Waals surface area contributed by atoms with Gasteiger partial charge in [-0.25, -0.2) is 4.68 Å². The van der Waals surface area contributed by atoms with Gasteiger partial charge >= 0.3 is 0 Å². The second-order valence-corrected chi connectivity index (χ2v) is 8.53. The monoisotopic (exact) mass is 365 g/mol. The van der Waals surface area contributed by atoms with E-state index >= 15 is 0 Å². The fourth-order valence-corrected chi connectivity index (χ4v) is 3.39. The molecule has 0 saturated heterocycles. The predicted molar refractivity (Wildman–Crippen MR) is 101 cm³/mol. The molecule has 2 rings (SSSR count). The first-order valence-corrected chi connectivity index (χ1v) is 9.66. The molecule has 0 aliphatic carbocycles. The van der Waals surface area contributed by atoms with Crippen LogP contribution >= 0.6 is 23.5 Å². The van der Waals surface area contributed by atoms with Gasteiger partial charge in [0, 0.05) is 10.3 Å². The van der Waals surface area contributed by atoms with Crippen LogP contribution in [0.15, 0.2) is 34.3 Å². The van der Waals surface area contributed by atoms with E-state index in [0.29, 0.717) is 11.0 Å². The van der Waals surface area contributed by atoms with E-state index in [0.717, 1.165) is 10.6 Å². The van der Waals surface area contributed by atoms with Gasteiger partial charge in [-0.3, -0.25) is 4.79 Å². The fourth-order valence-electron chi connectivity index (χ4n) is 2.06. The van der Waals surface area contributed by atoms with Crippen LogP contribution in [0.5, 0.6) is 0 Å². The largest absolute Gasteiger partial charge is 0.336 e. The number of carbonyl (C=O) groups excluding carboxylic acids is 1. The van der Waals surface area contributed by atoms with Gasteiger partial charge in [0.25, 0.3) is 0 Å². The van der Waals surface area contributed by atoms with Crippen molar-refractivity contribution in [3.05, 3.63) is 30.1 Å². The maximum atomic E-state index is 12.5. The van der Waals surface area contributed by atoms with E-state index in [2.05, 4.69) is 15.5 Å². The van der Waals surface area contributed by atoms with Crippen molar-refractivity contribution in [1.82, 2.24) is 14.9 Å². The molecule has 0 fully saturated rings. The van der Waals surface area contributed by atoms with Crippen LogP contribution in [0.3, 0.4) is 0 Å². The van der Waals surface area contributed by atoms with Gasteiger partial charge in [0.1, 0.15) is 0 Å². The molecular weight excluding hydrogens is 342 g/mol. The van der Waals surface area contributed by atoms with Crippen molar-refractivity contribution in [1.29, 1.82) is 0 Å². The Labute approximate surface area is 151 Å². The molecule has 130 valence electrons. The minimum Gasteiger partial charge on any atom is -0.336 e. The molecule has 3 N–H and O–H groups in total. The number of para-hydroxylation sites is 1. The first-order valence-electron chi connectivity index (χ1n) is 7.55. The number of nitrogen functional groups attached to an aromatic ring is 1. The number of nitrogens with one attached hydrogen (secondary N) is 1. The third-order valence-electron chi connectivity index (χ3n) is 3.35. The summed E-state index contributed by atoms with van der Waals surface area (Å²) in [6, 6.07) is 7.72. The molecule has 1 aromatic heterocycles. The molecule has 24 heavy (non-hydrogen) atoms. The van der Waals surface area contributed by atoms with E-state index in [-0.39, 0.29) is 16.6 Å². The summed E-state index contributed by atoms with van der Waals surface area (Å²) >= 11 is 2.89. The second kappa shape index (κ2) is 7.48. The Morgan fingerprint density at radius 3 is 2.54 bits per heavy atom. The van der Waals surface area contributed by atoms with Crippen LogP contribution in [0.1, 0.15) is 33.5 Å². The number of hydrogen-bond acceptors (Lipinski definition) is 6. The zero-order valence-corrected chi connectivity index (χ0v) is 16.2. The summed E-state index contributed by atoms with van der Waals surface area (Å²) in [6.45, 7) is 7.88. The van der Waals surface area contributed by atoms with Crippen LogP contribution in [0.2, 0.25) is 0 Å². The van der Waals surface area contributed by atoms with E-state index in [9.17, 15) is 4.79 Å². The Kier molecular flexibility index (Phi) is 5.82. The average molecular weight is 366 g/mol. The number of amides is 1. The quantitative estimate of drug-likeness (QED) is 0.625. The van der Waals surface area contributed by atoms with Crippen LogP contribution in [0.4, 0.5) is 5.69 Å². The van der Waals surface area contributed by atoms with Crippen molar-refractivity contribution in [3.8, 4) is 0 Å². The summed E-state index contributed by atoms with van der Waals surface area (Å²) in [5, 5.41) is 11.4. The smallest absolute Gasteiger partial charge is 0.237 e. The van der Waals surface area contributed by atoms with Crippen molar-refractivity contribution >= 4 is 35.1 Å². The molecule has 8 heteroatoms. The molecule has 1 aromatic carbocycles. The van der Waals surface area contributed by atoms with E-state index in [1.807, 2.05) is 58.2 Å². The summed E-state index contributed by atoms with van der Waals surface area (Å²) in [5.41, 5.74) is 0.607. The van der Waals surface area contributed by atoms with Crippen LogP contribution in [0, 0.1) is 0 Å². The van der Waals surface area contributed by atoms with Gasteiger partial charge in [-0.15, -0.1) is 22.0 Å². The van der Waals surface area contributed by atoms with Crippen LogP contribution in [0.25, 0.3) is 0 Å². The molecule has 1 atom stereocenters. The van der Waals surface area contributed by atoms with Crippen molar-refractivity contribution in [2.45, 2.75) is 48.4 Å². The fraction of sp³-hybridized carbons (Fsp3) is 0.438. The minimum absolute atomic E-state index is 0.0955. The Morgan fingerprint density at radius 1 is 1.29 bits per heavy atom. The number of benzene rings is 1. The molecule has 2 aromatic rings. The Bertz CT molecular complexity index is 723. The molecule has 6 nitrogen and oxygen atoms in total. The normalized spacial score (nSPS) is 12.9. The highest BCUT2D eigenvalue weighted by Crippen LogP contribution is 2.28. The lowest BCUT2D eigenvalue weighted by Gasteiger charge is -2.17. The lowest BCUT2D eigenvalue weighted by Crippen LogP contribution is -2.26. The number of carbonyl (C=O) groups is 1. The number of rotatable bonds is 5. The third kappa shape index (κ3) is 4.24. The maximum absolute atomic E-state index is 12.5. The lowest BCUT2D eigenvalue weighted by molar-refractivity contribution is -0.115. The van der Waals surface area contributed by atoms with Crippen molar-refractivity contribution in [2.75, 3.05) is 17.4 Å². The lowest BCUT2D eigenvalue weighted by atomic mass is 9.96. The maximum Gasteiger partial charge on any atom is 0.237 e. The summed E-state index contributed by atoms with van der Waals surface area (Å²) in [7, 11) is 0. The molecule has 0 aliphatic heterocycles. The zero-order valence-electron chi connectivity index (χ0n) is 14.5. The van der Waals surface area contributed by atoms with Gasteiger partial charge in [-0.2, -0.15) is 0 Å². The number of nitrogens with zero attached hydrogens (tertiary/aromatic N) is 3. The Balaban J connectivity index is 2.08. The van der Waals surface area contributed by atoms with Crippen molar-refractivity contribution < 1.29 is 4.79 Å². The first kappa shape index (κ1) is 18.7. The average Bonchev–Trinajstić information content (AvgIpc) is 2.88. The first-order chi connectivity index (χ1) is 11.2. The minimum atomic E-state index is -0.348. The standard InChI is InChI=1S/C16H23N5OS2/c1-10(13(22)18-11-8-6-7-9-12(11)23-5)24-15-20-19-14(21(15)17)16(2,3)4/h6-10H,17H2,1-5H3,(H,18,22). The SMILES string of the molecule is CSc1ccccc1NC(=O)C(C)Sc1nnc(C(C)(C)C)n1N. The molecule has 0 aliphatic rings. The van der Waals surface area contributed by atoms with Crippen molar-refractivity contribution in [3.63, 3.8) is 0 Å². The molecule has 1 heterocycles. The van der Waals surface area contributed by atoms with E-state index in [1.165, 1.54) is 16.4 Å². The number of aromatic nitrogens is 3. The molecule has 1 unspecified atom stereocenters. The zero-order chi connectivity index (χ0) is 17.9. The predicted octanol–water partition coefficient (Wildman–Crippen LogP) is 3.13. The van der Waals surface area contributed by atoms with Crippen molar-refractivity contribution in [2.24, 2.45) is 0 Å². The molecule has 0 saturated carbocycles. The third-order valence-corrected chi connectivity index (χ3v) is 5.20. The van der Waals surface area contributed by atoms with Gasteiger partial charge in [0.2, 0.25) is 11.1 Å². The molecule has 0 radical (unpaired) electrons. The van der Waals surface area contributed by atoms with Crippen LogP contribution < -0.4 is 11.2 Å². The van der Waals surface area contributed by atoms with E-state index in [4.69, 9.17) is 5.84 Å². The van der Waals surface area contributed by atoms with Gasteiger partial charge in [0.15, 0.2) is 5.82 Å². The Hall–Kier alpha value is -1.67. The number of thioether (sulfide) groups is 2. The molecule has 1 amide bonds. The summed E-state index contributed by atoms with van der Waals surface area (Å²) in [6.07, 6.45) is 1.98. The van der Waals surface area contributed by atoms with Gasteiger partial charge in [-0.05, 0) is 25.3 Å². The number of nitrogens with two attached hydrogens (primary N) is 1. The molecule has 0 bridgehead atoms. The second-order valence-electron chi connectivity index (χ2n) is 6.38. The Morgan fingerprint density at radius 2 is 1.96 bits per heavy atom. The highest BCUT2D eigenvalue weighted by molar-refractivity contribution is 8.00. The summed E-state index contributed by atoms with van der Waals surface area (Å²) < 4.78 is 1.46. The van der Waals surface area contributed by atoms with Gasteiger partial charge in [0.05, 0.1) is 10.9 Å². The van der Waals surface area contributed by atoms with E-state index in [1.54, 1.807) is 11.8 Å². The molecule has 0 spiro atoms. The highest BCUT2D eigenvalue weighted by Gasteiger charge is 2.25. The van der Waals surface area contributed by atoms with Crippen LogP contribution in [-0.2, 0) is 10.2 Å². The van der Waals surface area contributed by atoms with E-state index < -0.39 is 0 Å². The number of hydrogen-bond donors (Lipinski definition) is 2. The van der Waals surface area contributed by atoms with Gasteiger partial charge in [-0.1, -0.05) is 44.7 Å².